The van der Waals surface area contributed by atoms with E-state index >= 15 is 0 Å². The van der Waals surface area contributed by atoms with Crippen LogP contribution in [0.5, 0.6) is 23.0 Å². The zero-order chi connectivity index (χ0) is 29.4. The van der Waals surface area contributed by atoms with E-state index in [1.165, 1.54) is 39.7 Å². The topological polar surface area (TPSA) is 125 Å². The summed E-state index contributed by atoms with van der Waals surface area (Å²) in [6.45, 7) is 1.58. The van der Waals surface area contributed by atoms with Crippen LogP contribution < -0.4 is 29.7 Å². The minimum absolute atomic E-state index is 0.214. The van der Waals surface area contributed by atoms with Gasteiger partial charge in [-0.3, -0.25) is 9.59 Å². The Morgan fingerprint density at radius 1 is 0.805 bits per heavy atom. The van der Waals surface area contributed by atoms with Gasteiger partial charge in [-0.1, -0.05) is 48.0 Å². The molecule has 4 aromatic carbocycles. The summed E-state index contributed by atoms with van der Waals surface area (Å²) < 4.78 is 21.5. The average molecular weight is 556 g/mol. The van der Waals surface area contributed by atoms with Crippen molar-refractivity contribution in [1.82, 2.24) is 10.7 Å². The van der Waals surface area contributed by atoms with Crippen molar-refractivity contribution in [3.8, 4) is 23.0 Å². The summed E-state index contributed by atoms with van der Waals surface area (Å²) in [7, 11) is 4.34. The maximum atomic E-state index is 12.8. The highest BCUT2D eigenvalue weighted by molar-refractivity contribution is 6.04. The van der Waals surface area contributed by atoms with E-state index in [9.17, 15) is 14.4 Å². The fourth-order valence-corrected chi connectivity index (χ4v) is 4.03. The van der Waals surface area contributed by atoms with Crippen LogP contribution in [0.25, 0.3) is 10.8 Å². The molecular formula is C31H29N3O7. The summed E-state index contributed by atoms with van der Waals surface area (Å²) in [5, 5.41) is 8.25. The molecule has 0 aliphatic carbocycles. The molecule has 0 heterocycles. The molecule has 41 heavy (non-hydrogen) atoms. The maximum Gasteiger partial charge on any atom is 0.343 e. The zero-order valence-electron chi connectivity index (χ0n) is 23.0. The van der Waals surface area contributed by atoms with Crippen molar-refractivity contribution < 1.29 is 33.3 Å². The second-order valence-electron chi connectivity index (χ2n) is 8.84. The molecule has 0 saturated heterocycles. The van der Waals surface area contributed by atoms with Crippen LogP contribution in [0.4, 0.5) is 0 Å². The van der Waals surface area contributed by atoms with Gasteiger partial charge in [0, 0.05) is 11.1 Å². The van der Waals surface area contributed by atoms with Gasteiger partial charge in [-0.2, -0.15) is 5.10 Å². The normalized spacial score (nSPS) is 10.7. The van der Waals surface area contributed by atoms with Crippen molar-refractivity contribution in [3.63, 3.8) is 0 Å². The fraction of sp³-hybridized carbons (Fsp3) is 0.161. The second kappa shape index (κ2) is 13.1. The van der Waals surface area contributed by atoms with Gasteiger partial charge >= 0.3 is 5.97 Å². The third-order valence-corrected chi connectivity index (χ3v) is 6.14. The lowest BCUT2D eigenvalue weighted by molar-refractivity contribution is -0.120. The summed E-state index contributed by atoms with van der Waals surface area (Å²) in [5.74, 6) is -0.379. The Bertz CT molecular complexity index is 1590. The molecule has 0 aromatic heterocycles. The number of amides is 2. The van der Waals surface area contributed by atoms with Gasteiger partial charge < -0.3 is 24.3 Å². The first-order valence-electron chi connectivity index (χ1n) is 12.5. The van der Waals surface area contributed by atoms with Crippen molar-refractivity contribution >= 4 is 34.8 Å². The van der Waals surface area contributed by atoms with Gasteiger partial charge in [-0.25, -0.2) is 10.2 Å². The van der Waals surface area contributed by atoms with Crippen LogP contribution in [-0.4, -0.2) is 51.9 Å². The number of carbonyl (C=O) groups is 3. The Morgan fingerprint density at radius 2 is 1.49 bits per heavy atom. The van der Waals surface area contributed by atoms with E-state index in [0.717, 1.165) is 16.3 Å². The number of benzene rings is 4. The maximum absolute atomic E-state index is 12.8. The van der Waals surface area contributed by atoms with E-state index < -0.39 is 17.8 Å². The number of fused-ring (bicyclic) bond motifs is 1. The van der Waals surface area contributed by atoms with Crippen LogP contribution in [0.3, 0.4) is 0 Å². The van der Waals surface area contributed by atoms with Crippen LogP contribution in [0, 0.1) is 6.92 Å². The van der Waals surface area contributed by atoms with Gasteiger partial charge in [0.25, 0.3) is 11.8 Å². The summed E-state index contributed by atoms with van der Waals surface area (Å²) in [4.78, 5) is 37.9. The molecule has 0 bridgehead atoms. The van der Waals surface area contributed by atoms with Gasteiger partial charge in [0.05, 0.1) is 39.7 Å². The van der Waals surface area contributed by atoms with Crippen LogP contribution in [-0.2, 0) is 4.79 Å². The van der Waals surface area contributed by atoms with Crippen LogP contribution in [0.1, 0.15) is 31.8 Å². The number of carbonyl (C=O) groups excluding carboxylic acids is 3. The van der Waals surface area contributed by atoms with E-state index in [4.69, 9.17) is 18.9 Å². The molecule has 2 amide bonds. The highest BCUT2D eigenvalue weighted by atomic mass is 16.5. The largest absolute Gasteiger partial charge is 0.493 e. The number of hydrogen-bond donors (Lipinski definition) is 2. The van der Waals surface area contributed by atoms with E-state index in [1.807, 2.05) is 49.4 Å². The molecule has 10 heteroatoms. The van der Waals surface area contributed by atoms with Gasteiger partial charge in [0.15, 0.2) is 11.5 Å². The standard InChI is InChI=1S/C31H29N3O7/c1-19-9-11-21(12-10-19)31(37)41-25-14-13-20-7-5-6-8-23(20)24(25)17-33-34-28(35)18-32-30(36)22-15-26(38-2)29(40-4)27(16-22)39-3/h5-17H,18H2,1-4H3,(H,32,36)(H,34,35)/b33-17-. The molecule has 4 rings (SSSR count). The molecule has 0 atom stereocenters. The molecule has 0 fully saturated rings. The molecule has 210 valence electrons. The predicted octanol–water partition coefficient (Wildman–Crippen LogP) is 4.27. The van der Waals surface area contributed by atoms with Gasteiger partial charge in [0.2, 0.25) is 5.75 Å². The first kappa shape index (κ1) is 28.6. The van der Waals surface area contributed by atoms with Gasteiger partial charge in [-0.05, 0) is 48.0 Å². The van der Waals surface area contributed by atoms with E-state index in [1.54, 1.807) is 18.2 Å². The van der Waals surface area contributed by atoms with Crippen molar-refractivity contribution in [2.75, 3.05) is 27.9 Å². The summed E-state index contributed by atoms with van der Waals surface area (Å²) in [6.07, 6.45) is 1.40. The minimum Gasteiger partial charge on any atom is -0.493 e. The van der Waals surface area contributed by atoms with Crippen LogP contribution in [0.2, 0.25) is 0 Å². The minimum atomic E-state index is -0.569. The Kier molecular flexibility index (Phi) is 9.16. The Labute approximate surface area is 236 Å². The molecule has 0 spiro atoms. The SMILES string of the molecule is COc1cc(C(=O)NCC(=O)N/N=C\c2c(OC(=O)c3ccc(C)cc3)ccc3ccccc23)cc(OC)c1OC. The smallest absolute Gasteiger partial charge is 0.343 e. The summed E-state index contributed by atoms with van der Waals surface area (Å²) in [5.41, 5.74) is 4.54. The third-order valence-electron chi connectivity index (χ3n) is 6.14. The Morgan fingerprint density at radius 3 is 2.15 bits per heavy atom. The number of aryl methyl sites for hydroxylation is 1. The lowest BCUT2D eigenvalue weighted by atomic mass is 10.0. The van der Waals surface area contributed by atoms with Crippen LogP contribution >= 0.6 is 0 Å². The monoisotopic (exact) mass is 555 g/mol. The summed E-state index contributed by atoms with van der Waals surface area (Å²) >= 11 is 0. The molecule has 4 aromatic rings. The number of rotatable bonds is 10. The predicted molar refractivity (Wildman–Crippen MR) is 154 cm³/mol. The number of nitrogens with zero attached hydrogens (tertiary/aromatic N) is 1. The van der Waals surface area contributed by atoms with Gasteiger partial charge in [0.1, 0.15) is 5.75 Å². The number of nitrogens with one attached hydrogen (secondary N) is 2. The Hall–Kier alpha value is -5.38. The highest BCUT2D eigenvalue weighted by Gasteiger charge is 2.18. The molecule has 0 unspecified atom stereocenters. The number of esters is 1. The van der Waals surface area contributed by atoms with Crippen LogP contribution in [0.15, 0.2) is 77.9 Å². The number of ether oxygens (including phenoxy) is 4. The second-order valence-corrected chi connectivity index (χ2v) is 8.84. The number of hydrazone groups is 1. The van der Waals surface area contributed by atoms with E-state index in [-0.39, 0.29) is 17.9 Å². The Balaban J connectivity index is 1.46. The molecule has 10 nitrogen and oxygen atoms in total. The number of methoxy groups -OCH3 is 3. The van der Waals surface area contributed by atoms with Crippen molar-refractivity contribution in [2.45, 2.75) is 6.92 Å². The lowest BCUT2D eigenvalue weighted by Crippen LogP contribution is -2.35. The molecule has 0 aliphatic heterocycles. The molecular weight excluding hydrogens is 526 g/mol. The first-order valence-corrected chi connectivity index (χ1v) is 12.5. The third kappa shape index (κ3) is 6.80. The quantitative estimate of drug-likeness (QED) is 0.130. The van der Waals surface area contributed by atoms with E-state index in [2.05, 4.69) is 15.8 Å². The van der Waals surface area contributed by atoms with Crippen molar-refractivity contribution in [2.24, 2.45) is 5.10 Å². The highest BCUT2D eigenvalue weighted by Crippen LogP contribution is 2.38. The van der Waals surface area contributed by atoms with E-state index in [0.29, 0.717) is 28.4 Å². The lowest BCUT2D eigenvalue weighted by Gasteiger charge is -2.14. The zero-order valence-corrected chi connectivity index (χ0v) is 23.0. The molecule has 0 aliphatic rings. The average Bonchev–Trinajstić information content (AvgIpc) is 3.00. The van der Waals surface area contributed by atoms with Gasteiger partial charge in [-0.15, -0.1) is 0 Å². The molecule has 2 N–H and O–H groups in total. The van der Waals surface area contributed by atoms with Crippen molar-refractivity contribution in [3.05, 3.63) is 95.1 Å². The number of hydrogen-bond acceptors (Lipinski definition) is 8. The molecule has 0 radical (unpaired) electrons. The van der Waals surface area contributed by atoms with Crippen molar-refractivity contribution in [1.29, 1.82) is 0 Å². The fourth-order valence-electron chi connectivity index (χ4n) is 4.03. The summed E-state index contributed by atoms with van der Waals surface area (Å²) in [6, 6.07) is 21.0. The first-order chi connectivity index (χ1) is 19.8. The molecule has 0 saturated carbocycles.